The quantitative estimate of drug-likeness (QED) is 0.150. The van der Waals surface area contributed by atoms with Gasteiger partial charge in [0, 0.05) is 29.7 Å². The first-order valence-corrected chi connectivity index (χ1v) is 17.5. The molecule has 1 aliphatic heterocycles. The number of hydrogen-bond acceptors (Lipinski definition) is 5. The first-order chi connectivity index (χ1) is 22.2. The third-order valence-electron chi connectivity index (χ3n) is 8.83. The van der Waals surface area contributed by atoms with Gasteiger partial charge in [-0.2, -0.15) is 0 Å². The minimum absolute atomic E-state index is 0.0930. The maximum absolute atomic E-state index is 13.6. The lowest BCUT2D eigenvalue weighted by Crippen LogP contribution is -2.42. The molecule has 5 N–H and O–H groups in total. The number of nitrogens with two attached hydrogens (primary N) is 2. The second-order valence-corrected chi connectivity index (χ2v) is 13.7. The van der Waals surface area contributed by atoms with Crippen LogP contribution < -0.4 is 16.8 Å². The summed E-state index contributed by atoms with van der Waals surface area (Å²) < 4.78 is 26.4. The number of carbonyl (C=O) groups excluding carboxylic acids is 2. The van der Waals surface area contributed by atoms with Crippen molar-refractivity contribution in [3.63, 3.8) is 0 Å². The van der Waals surface area contributed by atoms with E-state index in [4.69, 9.17) is 23.1 Å². The molecular weight excluding hydrogens is 620 g/mol. The van der Waals surface area contributed by atoms with Crippen LogP contribution in [0, 0.1) is 11.6 Å². The average molecular weight is 680 g/mol. The van der Waals surface area contributed by atoms with E-state index in [1.807, 2.05) is 45.9 Å². The molecule has 0 saturated carbocycles. The number of unbranched alkanes of at least 4 members (excludes halogenated alkanes) is 1. The van der Waals surface area contributed by atoms with E-state index >= 15 is 0 Å². The standard InChI is InChI=1S/C20H31ClN4O2.C15H23F2N.C2H6/c1-14(24-20(27)19(23)4-2-3-9-22)18-12-16(21)5-6-17(18)15-7-10-25(13-26)11-8-15;1-11(8-9-18(5)15(2,3)4)13-7-6-12(16)10-14(13)17;1-2/h5-6,12-15,19H,2-4,7-11,22-23H2,1H3,(H,24,27);6-7,10-11H,8-9H2,1-5H3;1-2H3/t14-,19?;;/m0../s1. The van der Waals surface area contributed by atoms with Crippen LogP contribution in [0.1, 0.15) is 122 Å². The number of nitrogens with one attached hydrogen (secondary N) is 1. The predicted molar refractivity (Wildman–Crippen MR) is 192 cm³/mol. The van der Waals surface area contributed by atoms with E-state index in [2.05, 4.69) is 38.0 Å². The van der Waals surface area contributed by atoms with E-state index in [1.165, 1.54) is 11.6 Å². The Morgan fingerprint density at radius 2 is 1.70 bits per heavy atom. The number of piperidine rings is 1. The molecule has 2 unspecified atom stereocenters. The van der Waals surface area contributed by atoms with Crippen molar-refractivity contribution in [3.8, 4) is 0 Å². The number of halogens is 3. The van der Waals surface area contributed by atoms with Crippen LogP contribution in [0.3, 0.4) is 0 Å². The number of amides is 2. The van der Waals surface area contributed by atoms with Gasteiger partial charge in [-0.1, -0.05) is 50.9 Å². The maximum atomic E-state index is 13.6. The van der Waals surface area contributed by atoms with Crippen molar-refractivity contribution in [1.29, 1.82) is 0 Å². The minimum Gasteiger partial charge on any atom is -0.348 e. The summed E-state index contributed by atoms with van der Waals surface area (Å²) in [5, 5.41) is 3.67. The van der Waals surface area contributed by atoms with Gasteiger partial charge in [0.15, 0.2) is 0 Å². The van der Waals surface area contributed by atoms with Crippen molar-refractivity contribution < 1.29 is 18.4 Å². The Labute approximate surface area is 287 Å². The molecule has 266 valence electrons. The number of rotatable bonds is 13. The zero-order valence-corrected chi connectivity index (χ0v) is 30.7. The van der Waals surface area contributed by atoms with E-state index in [0.29, 0.717) is 29.5 Å². The summed E-state index contributed by atoms with van der Waals surface area (Å²) in [5.74, 6) is -0.668. The Kier molecular flexibility index (Phi) is 19.3. The fraction of sp³-hybridized carbons (Fsp3) is 0.622. The second kappa shape index (κ2) is 21.4. The normalized spacial score (nSPS) is 15.5. The van der Waals surface area contributed by atoms with Crippen LogP contribution >= 0.6 is 11.6 Å². The van der Waals surface area contributed by atoms with Crippen molar-refractivity contribution >= 4 is 23.9 Å². The fourth-order valence-electron chi connectivity index (χ4n) is 5.43. The largest absolute Gasteiger partial charge is 0.348 e. The van der Waals surface area contributed by atoms with Crippen LogP contribution in [0.15, 0.2) is 36.4 Å². The Hall–Kier alpha value is -2.59. The Morgan fingerprint density at radius 1 is 1.06 bits per heavy atom. The van der Waals surface area contributed by atoms with Crippen molar-refractivity contribution in [2.45, 2.75) is 116 Å². The van der Waals surface area contributed by atoms with Crippen LogP contribution in [0.2, 0.25) is 5.02 Å². The smallest absolute Gasteiger partial charge is 0.237 e. The van der Waals surface area contributed by atoms with Gasteiger partial charge < -0.3 is 26.6 Å². The molecular formula is C37H60ClF2N5O2. The van der Waals surface area contributed by atoms with Gasteiger partial charge in [0.05, 0.1) is 12.1 Å². The second-order valence-electron chi connectivity index (χ2n) is 13.3. The van der Waals surface area contributed by atoms with E-state index in [9.17, 15) is 18.4 Å². The monoisotopic (exact) mass is 679 g/mol. The van der Waals surface area contributed by atoms with E-state index in [-0.39, 0.29) is 23.4 Å². The lowest BCUT2D eigenvalue weighted by Gasteiger charge is -2.32. The van der Waals surface area contributed by atoms with Gasteiger partial charge in [0.1, 0.15) is 11.6 Å². The highest BCUT2D eigenvalue weighted by atomic mass is 35.5. The van der Waals surface area contributed by atoms with Gasteiger partial charge in [-0.15, -0.1) is 0 Å². The molecule has 47 heavy (non-hydrogen) atoms. The summed E-state index contributed by atoms with van der Waals surface area (Å²) >= 11 is 6.23. The van der Waals surface area contributed by atoms with Gasteiger partial charge in [-0.3, -0.25) is 9.59 Å². The summed E-state index contributed by atoms with van der Waals surface area (Å²) in [7, 11) is 2.06. The summed E-state index contributed by atoms with van der Waals surface area (Å²) in [5.41, 5.74) is 14.4. The van der Waals surface area contributed by atoms with Gasteiger partial charge >= 0.3 is 0 Å². The molecule has 0 spiro atoms. The third kappa shape index (κ3) is 14.6. The van der Waals surface area contributed by atoms with Gasteiger partial charge in [0.2, 0.25) is 12.3 Å². The fourth-order valence-corrected chi connectivity index (χ4v) is 5.61. The maximum Gasteiger partial charge on any atom is 0.237 e. The summed E-state index contributed by atoms with van der Waals surface area (Å²) in [4.78, 5) is 27.4. The molecule has 7 nitrogen and oxygen atoms in total. The van der Waals surface area contributed by atoms with Crippen molar-refractivity contribution in [2.24, 2.45) is 11.5 Å². The van der Waals surface area contributed by atoms with Crippen LogP contribution in [-0.4, -0.2) is 66.9 Å². The molecule has 3 rings (SSSR count). The average Bonchev–Trinajstić information content (AvgIpc) is 3.04. The highest BCUT2D eigenvalue weighted by Gasteiger charge is 2.25. The number of likely N-dealkylation sites (tertiary alicyclic amines) is 1. The number of benzene rings is 2. The van der Waals surface area contributed by atoms with Crippen molar-refractivity contribution in [2.75, 3.05) is 33.2 Å². The zero-order chi connectivity index (χ0) is 35.7. The molecule has 0 radical (unpaired) electrons. The van der Waals surface area contributed by atoms with Crippen LogP contribution in [0.5, 0.6) is 0 Å². The summed E-state index contributed by atoms with van der Waals surface area (Å²) in [6, 6.07) is 8.97. The molecule has 1 heterocycles. The van der Waals surface area contributed by atoms with E-state index in [0.717, 1.165) is 69.8 Å². The molecule has 1 aliphatic rings. The highest BCUT2D eigenvalue weighted by molar-refractivity contribution is 6.30. The molecule has 10 heteroatoms. The molecule has 1 fully saturated rings. The van der Waals surface area contributed by atoms with Crippen LogP contribution in [-0.2, 0) is 9.59 Å². The minimum atomic E-state index is -0.530. The lowest BCUT2D eigenvalue weighted by molar-refractivity contribution is -0.123. The molecule has 2 aromatic rings. The highest BCUT2D eigenvalue weighted by Crippen LogP contribution is 2.34. The molecule has 0 bridgehead atoms. The number of carbonyl (C=O) groups is 2. The molecule has 2 aromatic carbocycles. The first-order valence-electron chi connectivity index (χ1n) is 17.1. The predicted octanol–water partition coefficient (Wildman–Crippen LogP) is 7.52. The molecule has 3 atom stereocenters. The van der Waals surface area contributed by atoms with Gasteiger partial charge in [0.25, 0.3) is 0 Å². The Bertz CT molecular complexity index is 1220. The van der Waals surface area contributed by atoms with Gasteiger partial charge in [-0.25, -0.2) is 8.78 Å². The van der Waals surface area contributed by atoms with Crippen LogP contribution in [0.25, 0.3) is 0 Å². The number of nitrogens with zero attached hydrogens (tertiary/aromatic N) is 2. The molecule has 1 saturated heterocycles. The van der Waals surface area contributed by atoms with E-state index < -0.39 is 17.7 Å². The van der Waals surface area contributed by atoms with E-state index in [1.54, 1.807) is 11.0 Å². The summed E-state index contributed by atoms with van der Waals surface area (Å²) in [6.45, 7) is 17.4. The summed E-state index contributed by atoms with van der Waals surface area (Å²) in [6.07, 6.45) is 5.93. The topological polar surface area (TPSA) is 105 Å². The SMILES string of the molecule is CC.CC(CCN(C)C(C)(C)C)c1ccc(F)cc1F.C[C@H](NC(=O)C(N)CCCCN)c1cc(Cl)ccc1C1CCN(C=O)CC1. The zero-order valence-electron chi connectivity index (χ0n) is 29.9. The van der Waals surface area contributed by atoms with Crippen molar-refractivity contribution in [3.05, 3.63) is 69.7 Å². The van der Waals surface area contributed by atoms with Crippen molar-refractivity contribution in [1.82, 2.24) is 15.1 Å². The molecule has 2 amide bonds. The van der Waals surface area contributed by atoms with Gasteiger partial charge in [-0.05, 0) is 127 Å². The first kappa shape index (κ1) is 42.4. The number of hydrogen-bond donors (Lipinski definition) is 3. The molecule has 0 aliphatic carbocycles. The molecule has 0 aromatic heterocycles. The third-order valence-corrected chi connectivity index (χ3v) is 9.07. The Morgan fingerprint density at radius 3 is 2.26 bits per heavy atom. The Balaban J connectivity index is 0.000000480. The lowest BCUT2D eigenvalue weighted by atomic mass is 9.85. The van der Waals surface area contributed by atoms with Crippen LogP contribution in [0.4, 0.5) is 8.78 Å².